The number of benzene rings is 1. The fourth-order valence-electron chi connectivity index (χ4n) is 2.87. The molecule has 0 spiro atoms. The Labute approximate surface area is 125 Å². The topological polar surface area (TPSA) is 45.2 Å². The van der Waals surface area contributed by atoms with Crippen molar-refractivity contribution in [3.05, 3.63) is 42.1 Å². The average molecular weight is 283 g/mol. The number of carbonyl (C=O) groups excluding carboxylic acids is 1. The van der Waals surface area contributed by atoms with Gasteiger partial charge in [0.25, 0.3) is 0 Å². The van der Waals surface area contributed by atoms with E-state index in [2.05, 4.69) is 28.5 Å². The van der Waals surface area contributed by atoms with Crippen molar-refractivity contribution < 1.29 is 4.79 Å². The van der Waals surface area contributed by atoms with Crippen LogP contribution in [0.15, 0.2) is 36.5 Å². The second kappa shape index (κ2) is 6.22. The van der Waals surface area contributed by atoms with Crippen LogP contribution in [-0.4, -0.2) is 34.9 Å². The van der Waals surface area contributed by atoms with Crippen molar-refractivity contribution in [2.24, 2.45) is 0 Å². The van der Waals surface area contributed by atoms with Gasteiger partial charge in [0, 0.05) is 31.2 Å². The van der Waals surface area contributed by atoms with Crippen LogP contribution in [-0.2, 0) is 11.3 Å². The van der Waals surface area contributed by atoms with E-state index in [-0.39, 0.29) is 11.9 Å². The Bertz CT molecular complexity index is 629. The van der Waals surface area contributed by atoms with Crippen molar-refractivity contribution in [1.82, 2.24) is 15.2 Å². The van der Waals surface area contributed by atoms with Gasteiger partial charge in [0.05, 0.1) is 11.6 Å². The number of hydrogen-bond acceptors (Lipinski definition) is 3. The summed E-state index contributed by atoms with van der Waals surface area (Å²) in [6.45, 7) is 4.41. The van der Waals surface area contributed by atoms with Gasteiger partial charge in [0.2, 0.25) is 5.91 Å². The summed E-state index contributed by atoms with van der Waals surface area (Å²) in [4.78, 5) is 18.7. The lowest BCUT2D eigenvalue weighted by Crippen LogP contribution is -2.43. The van der Waals surface area contributed by atoms with Gasteiger partial charge in [-0.1, -0.05) is 24.3 Å². The number of likely N-dealkylation sites (tertiary alicyclic amines) is 1. The second-order valence-corrected chi connectivity index (χ2v) is 5.63. The van der Waals surface area contributed by atoms with Gasteiger partial charge >= 0.3 is 0 Å². The minimum absolute atomic E-state index is 0.151. The van der Waals surface area contributed by atoms with Gasteiger partial charge < -0.3 is 10.2 Å². The van der Waals surface area contributed by atoms with Crippen LogP contribution in [0.25, 0.3) is 10.9 Å². The summed E-state index contributed by atoms with van der Waals surface area (Å²) in [6.07, 6.45) is 4.07. The highest BCUT2D eigenvalue weighted by Crippen LogP contribution is 2.16. The first-order chi connectivity index (χ1) is 10.3. The van der Waals surface area contributed by atoms with E-state index in [9.17, 15) is 4.79 Å². The largest absolute Gasteiger partial charge is 0.341 e. The molecule has 3 rings (SSSR count). The summed E-state index contributed by atoms with van der Waals surface area (Å²) in [5.41, 5.74) is 2.14. The number of amides is 1. The molecule has 0 saturated carbocycles. The maximum absolute atomic E-state index is 12.3. The molecule has 1 aromatic heterocycles. The highest BCUT2D eigenvalue weighted by atomic mass is 16.2. The van der Waals surface area contributed by atoms with E-state index in [1.54, 1.807) is 0 Å². The number of nitrogens with zero attached hydrogens (tertiary/aromatic N) is 2. The molecule has 0 aliphatic carbocycles. The molecule has 1 aromatic carbocycles. The van der Waals surface area contributed by atoms with Gasteiger partial charge in [0.1, 0.15) is 0 Å². The molecule has 21 heavy (non-hydrogen) atoms. The van der Waals surface area contributed by atoms with E-state index in [1.807, 2.05) is 30.2 Å². The standard InChI is InChI=1S/C17H21N3O/c1-13(17(21)20-10-2-3-11-20)19-12-15-7-4-6-14-8-5-9-18-16(14)15/h4-9,13,19H,2-3,10-12H2,1H3. The Morgan fingerprint density at radius 3 is 2.86 bits per heavy atom. The van der Waals surface area contributed by atoms with Crippen LogP contribution in [0, 0.1) is 0 Å². The Morgan fingerprint density at radius 1 is 1.29 bits per heavy atom. The van der Waals surface area contributed by atoms with E-state index in [0.29, 0.717) is 6.54 Å². The molecular formula is C17H21N3O. The minimum atomic E-state index is -0.151. The van der Waals surface area contributed by atoms with Crippen molar-refractivity contribution in [2.75, 3.05) is 13.1 Å². The van der Waals surface area contributed by atoms with E-state index >= 15 is 0 Å². The lowest BCUT2D eigenvalue weighted by Gasteiger charge is -2.21. The number of hydrogen-bond donors (Lipinski definition) is 1. The minimum Gasteiger partial charge on any atom is -0.341 e. The Kier molecular flexibility index (Phi) is 4.15. The number of carbonyl (C=O) groups is 1. The predicted octanol–water partition coefficient (Wildman–Crippen LogP) is 2.34. The number of rotatable bonds is 4. The molecule has 0 radical (unpaired) electrons. The third-order valence-electron chi connectivity index (χ3n) is 4.10. The molecule has 0 bridgehead atoms. The first-order valence-electron chi connectivity index (χ1n) is 7.60. The molecule has 1 N–H and O–H groups in total. The summed E-state index contributed by atoms with van der Waals surface area (Å²) in [5, 5.41) is 4.47. The molecule has 110 valence electrons. The third kappa shape index (κ3) is 3.05. The van der Waals surface area contributed by atoms with Crippen LogP contribution >= 0.6 is 0 Å². The molecule has 1 aliphatic heterocycles. The molecule has 1 saturated heterocycles. The maximum atomic E-state index is 12.3. The first kappa shape index (κ1) is 14.0. The number of nitrogens with one attached hydrogen (secondary N) is 1. The summed E-state index contributed by atoms with van der Waals surface area (Å²) >= 11 is 0. The van der Waals surface area contributed by atoms with Gasteiger partial charge in [-0.15, -0.1) is 0 Å². The SMILES string of the molecule is CC(NCc1cccc2cccnc12)C(=O)N1CCCC1. The van der Waals surface area contributed by atoms with Gasteiger partial charge in [-0.3, -0.25) is 9.78 Å². The summed E-state index contributed by atoms with van der Waals surface area (Å²) < 4.78 is 0. The Balaban J connectivity index is 1.67. The van der Waals surface area contributed by atoms with E-state index < -0.39 is 0 Å². The fourth-order valence-corrected chi connectivity index (χ4v) is 2.87. The molecular weight excluding hydrogens is 262 g/mol. The molecule has 4 nitrogen and oxygen atoms in total. The van der Waals surface area contributed by atoms with Gasteiger partial charge in [-0.25, -0.2) is 0 Å². The molecule has 1 aliphatic rings. The predicted molar refractivity (Wildman–Crippen MR) is 83.9 cm³/mol. The molecule has 1 unspecified atom stereocenters. The number of para-hydroxylation sites is 1. The van der Waals surface area contributed by atoms with Crippen LogP contribution in [0.1, 0.15) is 25.3 Å². The van der Waals surface area contributed by atoms with Gasteiger partial charge in [0.15, 0.2) is 0 Å². The maximum Gasteiger partial charge on any atom is 0.239 e. The highest BCUT2D eigenvalue weighted by Gasteiger charge is 2.22. The number of pyridine rings is 1. The second-order valence-electron chi connectivity index (χ2n) is 5.63. The zero-order valence-electron chi connectivity index (χ0n) is 12.4. The quantitative estimate of drug-likeness (QED) is 0.936. The average Bonchev–Trinajstić information content (AvgIpc) is 3.06. The van der Waals surface area contributed by atoms with Gasteiger partial charge in [-0.05, 0) is 31.4 Å². The van der Waals surface area contributed by atoms with Crippen LogP contribution in [0.3, 0.4) is 0 Å². The lowest BCUT2D eigenvalue weighted by molar-refractivity contribution is -0.131. The van der Waals surface area contributed by atoms with Crippen LogP contribution in [0.5, 0.6) is 0 Å². The van der Waals surface area contributed by atoms with E-state index in [1.165, 1.54) is 0 Å². The van der Waals surface area contributed by atoms with Crippen LogP contribution < -0.4 is 5.32 Å². The third-order valence-corrected chi connectivity index (χ3v) is 4.10. The fraction of sp³-hybridized carbons (Fsp3) is 0.412. The summed E-state index contributed by atoms with van der Waals surface area (Å²) in [7, 11) is 0. The molecule has 2 heterocycles. The molecule has 2 aromatic rings. The normalized spacial score (nSPS) is 16.3. The van der Waals surface area contributed by atoms with Crippen molar-refractivity contribution in [3.8, 4) is 0 Å². The van der Waals surface area contributed by atoms with Crippen molar-refractivity contribution in [1.29, 1.82) is 0 Å². The summed E-state index contributed by atoms with van der Waals surface area (Å²) in [6, 6.07) is 10.0. The van der Waals surface area contributed by atoms with Crippen LogP contribution in [0.4, 0.5) is 0 Å². The zero-order valence-corrected chi connectivity index (χ0v) is 12.4. The molecule has 4 heteroatoms. The number of aromatic nitrogens is 1. The highest BCUT2D eigenvalue weighted by molar-refractivity contribution is 5.83. The zero-order chi connectivity index (χ0) is 14.7. The van der Waals surface area contributed by atoms with Gasteiger partial charge in [-0.2, -0.15) is 0 Å². The molecule has 1 fully saturated rings. The van der Waals surface area contributed by atoms with Crippen molar-refractivity contribution in [2.45, 2.75) is 32.4 Å². The Hall–Kier alpha value is -1.94. The monoisotopic (exact) mass is 283 g/mol. The van der Waals surface area contributed by atoms with E-state index in [4.69, 9.17) is 0 Å². The van der Waals surface area contributed by atoms with Crippen molar-refractivity contribution in [3.63, 3.8) is 0 Å². The molecule has 1 atom stereocenters. The smallest absolute Gasteiger partial charge is 0.239 e. The first-order valence-corrected chi connectivity index (χ1v) is 7.60. The summed E-state index contributed by atoms with van der Waals surface area (Å²) in [5.74, 6) is 0.209. The lowest BCUT2D eigenvalue weighted by atomic mass is 10.1. The number of fused-ring (bicyclic) bond motifs is 1. The molecule has 1 amide bonds. The van der Waals surface area contributed by atoms with Crippen molar-refractivity contribution >= 4 is 16.8 Å². The Morgan fingerprint density at radius 2 is 2.05 bits per heavy atom. The van der Waals surface area contributed by atoms with Crippen LogP contribution in [0.2, 0.25) is 0 Å². The van der Waals surface area contributed by atoms with E-state index in [0.717, 1.165) is 42.4 Å².